The maximum atomic E-state index is 12.1. The summed E-state index contributed by atoms with van der Waals surface area (Å²) in [4.78, 5) is 24.2. The number of amides is 2. The number of anilines is 3. The van der Waals surface area contributed by atoms with E-state index in [1.54, 1.807) is 19.2 Å². The lowest BCUT2D eigenvalue weighted by Crippen LogP contribution is -2.32. The molecule has 0 bridgehead atoms. The molecule has 0 saturated heterocycles. The molecule has 3 N–H and O–H groups in total. The van der Waals surface area contributed by atoms with E-state index in [9.17, 15) is 9.59 Å². The summed E-state index contributed by atoms with van der Waals surface area (Å²) < 4.78 is 5.47. The van der Waals surface area contributed by atoms with Crippen molar-refractivity contribution in [3.8, 4) is 5.75 Å². The highest BCUT2D eigenvalue weighted by Gasteiger charge is 2.14. The lowest BCUT2D eigenvalue weighted by molar-refractivity contribution is -0.136. The van der Waals surface area contributed by atoms with E-state index in [0.29, 0.717) is 22.7 Å². The van der Waals surface area contributed by atoms with E-state index < -0.39 is 11.8 Å². The highest BCUT2D eigenvalue weighted by Crippen LogP contribution is 2.31. The van der Waals surface area contributed by atoms with Gasteiger partial charge in [-0.3, -0.25) is 9.59 Å². The van der Waals surface area contributed by atoms with Crippen LogP contribution in [0.2, 0.25) is 0 Å². The third-order valence-corrected chi connectivity index (χ3v) is 4.65. The van der Waals surface area contributed by atoms with Crippen LogP contribution < -0.4 is 20.8 Å². The molecule has 0 fully saturated rings. The number of rotatable bonds is 6. The van der Waals surface area contributed by atoms with Gasteiger partial charge in [0.15, 0.2) is 0 Å². The first kappa shape index (κ1) is 21.6. The van der Waals surface area contributed by atoms with Crippen LogP contribution in [-0.4, -0.2) is 25.1 Å². The predicted molar refractivity (Wildman–Crippen MR) is 123 cm³/mol. The Bertz CT molecular complexity index is 1130. The average Bonchev–Trinajstić information content (AvgIpc) is 2.77. The Labute approximate surface area is 181 Å². The summed E-state index contributed by atoms with van der Waals surface area (Å²) in [5.74, 6) is -1.04. The first-order chi connectivity index (χ1) is 15.0. The van der Waals surface area contributed by atoms with Gasteiger partial charge in [-0.1, -0.05) is 48.5 Å². The fraction of sp³-hybridized carbons (Fsp3) is 0.125. The van der Waals surface area contributed by atoms with Crippen molar-refractivity contribution in [2.75, 3.05) is 17.7 Å². The molecule has 3 aromatic rings. The molecule has 31 heavy (non-hydrogen) atoms. The Kier molecular flexibility index (Phi) is 7.01. The molecule has 0 aliphatic rings. The number of para-hydroxylation sites is 3. The molecule has 7 heteroatoms. The van der Waals surface area contributed by atoms with Gasteiger partial charge in [-0.25, -0.2) is 5.43 Å². The number of benzene rings is 3. The zero-order valence-electron chi connectivity index (χ0n) is 17.6. The molecular formula is C24H24N4O3. The van der Waals surface area contributed by atoms with Crippen LogP contribution in [0.15, 0.2) is 71.8 Å². The van der Waals surface area contributed by atoms with Gasteiger partial charge in [0, 0.05) is 16.9 Å². The van der Waals surface area contributed by atoms with Crippen molar-refractivity contribution < 1.29 is 14.3 Å². The smallest absolute Gasteiger partial charge is 0.329 e. The molecule has 3 aromatic carbocycles. The van der Waals surface area contributed by atoms with Crippen molar-refractivity contribution >= 4 is 35.1 Å². The zero-order chi connectivity index (χ0) is 22.2. The van der Waals surface area contributed by atoms with Crippen molar-refractivity contribution in [3.05, 3.63) is 83.4 Å². The number of hydrogen-bond acceptors (Lipinski definition) is 5. The second-order valence-electron chi connectivity index (χ2n) is 6.83. The number of hydrogen-bond donors (Lipinski definition) is 3. The van der Waals surface area contributed by atoms with Gasteiger partial charge < -0.3 is 15.4 Å². The van der Waals surface area contributed by atoms with Crippen LogP contribution in [0.3, 0.4) is 0 Å². The van der Waals surface area contributed by atoms with Crippen LogP contribution in [0, 0.1) is 13.8 Å². The van der Waals surface area contributed by atoms with Crippen LogP contribution >= 0.6 is 0 Å². The van der Waals surface area contributed by atoms with E-state index in [-0.39, 0.29) is 0 Å². The second-order valence-corrected chi connectivity index (χ2v) is 6.83. The summed E-state index contributed by atoms with van der Waals surface area (Å²) in [6, 6.07) is 20.5. The number of nitrogens with one attached hydrogen (secondary N) is 3. The lowest BCUT2D eigenvalue weighted by Gasteiger charge is -2.15. The van der Waals surface area contributed by atoms with E-state index in [1.165, 1.54) is 6.21 Å². The van der Waals surface area contributed by atoms with Gasteiger partial charge in [-0.05, 0) is 43.2 Å². The summed E-state index contributed by atoms with van der Waals surface area (Å²) in [7, 11) is 1.58. The largest absolute Gasteiger partial charge is 0.495 e. The SMILES string of the molecule is COc1cccc(/C=N\NC(=O)C(=O)Nc2ccccc2C)c1Nc1ccccc1C. The summed E-state index contributed by atoms with van der Waals surface area (Å²) >= 11 is 0. The first-order valence-electron chi connectivity index (χ1n) is 9.69. The Morgan fingerprint density at radius 3 is 2.13 bits per heavy atom. The minimum absolute atomic E-state index is 0.573. The van der Waals surface area contributed by atoms with E-state index in [1.807, 2.05) is 68.4 Å². The molecule has 0 aromatic heterocycles. The quantitative estimate of drug-likeness (QED) is 0.320. The van der Waals surface area contributed by atoms with Gasteiger partial charge in [0.2, 0.25) is 0 Å². The average molecular weight is 416 g/mol. The second kappa shape index (κ2) is 10.1. The highest BCUT2D eigenvalue weighted by atomic mass is 16.5. The van der Waals surface area contributed by atoms with Crippen LogP contribution in [0.25, 0.3) is 0 Å². The Balaban J connectivity index is 1.73. The van der Waals surface area contributed by atoms with Gasteiger partial charge in [-0.2, -0.15) is 5.10 Å². The maximum Gasteiger partial charge on any atom is 0.329 e. The molecule has 2 amide bonds. The number of carbonyl (C=O) groups is 2. The third-order valence-electron chi connectivity index (χ3n) is 4.65. The van der Waals surface area contributed by atoms with Crippen LogP contribution in [-0.2, 0) is 9.59 Å². The zero-order valence-corrected chi connectivity index (χ0v) is 17.6. The van der Waals surface area contributed by atoms with Gasteiger partial charge >= 0.3 is 11.8 Å². The fourth-order valence-corrected chi connectivity index (χ4v) is 2.91. The minimum Gasteiger partial charge on any atom is -0.495 e. The van der Waals surface area contributed by atoms with Crippen LogP contribution in [0.1, 0.15) is 16.7 Å². The van der Waals surface area contributed by atoms with Crippen molar-refractivity contribution in [1.82, 2.24) is 5.43 Å². The Morgan fingerprint density at radius 1 is 0.839 bits per heavy atom. The van der Waals surface area contributed by atoms with Crippen molar-refractivity contribution in [1.29, 1.82) is 0 Å². The number of methoxy groups -OCH3 is 1. The molecule has 0 radical (unpaired) electrons. The fourth-order valence-electron chi connectivity index (χ4n) is 2.91. The topological polar surface area (TPSA) is 91.8 Å². The molecule has 0 heterocycles. The van der Waals surface area contributed by atoms with Crippen molar-refractivity contribution in [3.63, 3.8) is 0 Å². The Hall–Kier alpha value is -4.13. The number of carbonyl (C=O) groups excluding carboxylic acids is 2. The van der Waals surface area contributed by atoms with Gasteiger partial charge in [0.25, 0.3) is 0 Å². The molecule has 0 aliphatic carbocycles. The van der Waals surface area contributed by atoms with Crippen LogP contribution in [0.5, 0.6) is 5.75 Å². The molecule has 0 aliphatic heterocycles. The van der Waals surface area contributed by atoms with E-state index in [4.69, 9.17) is 4.74 Å². The standard InChI is InChI=1S/C24H24N4O3/c1-16-9-4-6-12-19(16)26-22-18(11-8-14-21(22)31-3)15-25-28-24(30)23(29)27-20-13-7-5-10-17(20)2/h4-15,26H,1-3H3,(H,27,29)(H,28,30)/b25-15-. The predicted octanol–water partition coefficient (Wildman–Crippen LogP) is 4.14. The van der Waals surface area contributed by atoms with Crippen molar-refractivity contribution in [2.24, 2.45) is 5.10 Å². The van der Waals surface area contributed by atoms with Gasteiger partial charge in [0.1, 0.15) is 5.75 Å². The molecule has 158 valence electrons. The lowest BCUT2D eigenvalue weighted by atomic mass is 10.1. The molecule has 0 atom stereocenters. The third kappa shape index (κ3) is 5.48. The summed E-state index contributed by atoms with van der Waals surface area (Å²) in [6.45, 7) is 3.84. The number of nitrogens with zero attached hydrogens (tertiary/aromatic N) is 1. The minimum atomic E-state index is -0.865. The summed E-state index contributed by atoms with van der Waals surface area (Å²) in [5, 5.41) is 9.87. The van der Waals surface area contributed by atoms with E-state index in [0.717, 1.165) is 16.8 Å². The summed E-state index contributed by atoms with van der Waals surface area (Å²) in [5.41, 5.74) is 7.06. The first-order valence-corrected chi connectivity index (χ1v) is 9.69. The van der Waals surface area contributed by atoms with E-state index >= 15 is 0 Å². The molecule has 3 rings (SSSR count). The highest BCUT2D eigenvalue weighted by molar-refractivity contribution is 6.39. The van der Waals surface area contributed by atoms with Crippen LogP contribution in [0.4, 0.5) is 17.1 Å². The molecule has 7 nitrogen and oxygen atoms in total. The van der Waals surface area contributed by atoms with Gasteiger partial charge in [0.05, 0.1) is 19.0 Å². The number of aryl methyl sites for hydroxylation is 2. The Morgan fingerprint density at radius 2 is 1.48 bits per heavy atom. The molecule has 0 unspecified atom stereocenters. The molecular weight excluding hydrogens is 392 g/mol. The monoisotopic (exact) mass is 416 g/mol. The number of hydrazone groups is 1. The summed E-state index contributed by atoms with van der Waals surface area (Å²) in [6.07, 6.45) is 1.46. The molecule has 0 spiro atoms. The number of ether oxygens (including phenoxy) is 1. The van der Waals surface area contributed by atoms with E-state index in [2.05, 4.69) is 21.2 Å². The molecule has 0 saturated carbocycles. The maximum absolute atomic E-state index is 12.1. The van der Waals surface area contributed by atoms with Gasteiger partial charge in [-0.15, -0.1) is 0 Å². The van der Waals surface area contributed by atoms with Crippen molar-refractivity contribution in [2.45, 2.75) is 13.8 Å². The normalized spacial score (nSPS) is 10.5.